The molecule has 1 atom stereocenters. The molecule has 8 nitrogen and oxygen atoms in total. The van der Waals surface area contributed by atoms with Crippen molar-refractivity contribution in [1.29, 1.82) is 0 Å². The molecule has 0 fully saturated rings. The highest BCUT2D eigenvalue weighted by Gasteiger charge is 2.34. The van der Waals surface area contributed by atoms with Gasteiger partial charge in [-0.25, -0.2) is 9.79 Å². The molecule has 0 bridgehead atoms. The number of hydrogen-bond donors (Lipinski definition) is 1. The zero-order valence-electron chi connectivity index (χ0n) is 20.2. The first kappa shape index (κ1) is 26.8. The fourth-order valence-electron chi connectivity index (χ4n) is 3.91. The molecule has 1 unspecified atom stereocenters. The highest BCUT2D eigenvalue weighted by atomic mass is 79.9. The number of carbonyl (C=O) groups is 2. The first-order valence-corrected chi connectivity index (χ1v) is 13.2. The molecule has 0 saturated carbocycles. The number of nitrogens with zero attached hydrogens (tertiary/aromatic N) is 2. The minimum Gasteiger partial charge on any atom is -0.483 e. The van der Waals surface area contributed by atoms with Crippen LogP contribution in [-0.4, -0.2) is 29.2 Å². The molecule has 4 rings (SSSR count). The van der Waals surface area contributed by atoms with Crippen LogP contribution in [0.4, 0.5) is 0 Å². The summed E-state index contributed by atoms with van der Waals surface area (Å²) in [5, 5.41) is 0.403. The van der Waals surface area contributed by atoms with Crippen molar-refractivity contribution in [2.75, 3.05) is 6.61 Å². The Kier molecular flexibility index (Phi) is 8.01. The summed E-state index contributed by atoms with van der Waals surface area (Å²) in [5.41, 5.74) is 6.69. The van der Waals surface area contributed by atoms with Gasteiger partial charge in [0.25, 0.3) is 11.5 Å². The molecule has 0 spiro atoms. The second kappa shape index (κ2) is 11.0. The van der Waals surface area contributed by atoms with Gasteiger partial charge in [0.15, 0.2) is 11.4 Å². The summed E-state index contributed by atoms with van der Waals surface area (Å²) in [4.78, 5) is 43.2. The van der Waals surface area contributed by atoms with Crippen LogP contribution in [0.2, 0.25) is 5.02 Å². The molecule has 2 heterocycles. The normalized spacial score (nSPS) is 15.4. The van der Waals surface area contributed by atoms with Gasteiger partial charge in [-0.2, -0.15) is 0 Å². The van der Waals surface area contributed by atoms with E-state index >= 15 is 0 Å². The van der Waals surface area contributed by atoms with Crippen molar-refractivity contribution in [3.8, 4) is 5.75 Å². The second-order valence-corrected chi connectivity index (χ2v) is 10.8. The summed E-state index contributed by atoms with van der Waals surface area (Å²) in [6.07, 6.45) is 1.29. The van der Waals surface area contributed by atoms with Crippen molar-refractivity contribution in [3.63, 3.8) is 0 Å². The molecule has 2 N–H and O–H groups in total. The zero-order chi connectivity index (χ0) is 26.9. The van der Waals surface area contributed by atoms with Crippen LogP contribution in [-0.2, 0) is 14.3 Å². The molecule has 0 radical (unpaired) electrons. The molecule has 11 heteroatoms. The van der Waals surface area contributed by atoms with Crippen LogP contribution in [0.3, 0.4) is 0 Å². The van der Waals surface area contributed by atoms with E-state index in [1.54, 1.807) is 69.3 Å². The van der Waals surface area contributed by atoms with E-state index in [-0.39, 0.29) is 23.8 Å². The standard InChI is InChI=1S/C26H23BrClN3O5S/c1-13(2)36-25(34)22-14(3)30-26-31(23(22)17-6-4-5-7-18(17)28)24(33)20(37-26)11-15-10-16(27)8-9-19(15)35-12-21(29)32/h4-11,13,23H,12H2,1-3H3,(H2,29,32). The summed E-state index contributed by atoms with van der Waals surface area (Å²) < 4.78 is 13.6. The summed E-state index contributed by atoms with van der Waals surface area (Å²) in [6, 6.07) is 11.4. The smallest absolute Gasteiger partial charge is 0.338 e. The Labute approximate surface area is 229 Å². The van der Waals surface area contributed by atoms with Crippen LogP contribution >= 0.6 is 38.9 Å². The predicted octanol–water partition coefficient (Wildman–Crippen LogP) is 3.47. The fraction of sp³-hybridized carbons (Fsp3) is 0.231. The average Bonchev–Trinajstić information content (AvgIpc) is 3.12. The van der Waals surface area contributed by atoms with Crippen molar-refractivity contribution >= 4 is 56.8 Å². The van der Waals surface area contributed by atoms with E-state index in [1.165, 1.54) is 15.9 Å². The van der Waals surface area contributed by atoms with Gasteiger partial charge >= 0.3 is 5.97 Å². The third kappa shape index (κ3) is 5.71. The summed E-state index contributed by atoms with van der Waals surface area (Å²) in [7, 11) is 0. The molecule has 3 aromatic rings. The summed E-state index contributed by atoms with van der Waals surface area (Å²) >= 11 is 11.1. The first-order chi connectivity index (χ1) is 17.6. The van der Waals surface area contributed by atoms with Crippen LogP contribution in [0.1, 0.15) is 37.9 Å². The lowest BCUT2D eigenvalue weighted by Gasteiger charge is -2.26. The van der Waals surface area contributed by atoms with Gasteiger partial charge in [0.2, 0.25) is 0 Å². The molecule has 1 aliphatic rings. The molecular formula is C26H23BrClN3O5S. The number of ether oxygens (including phenoxy) is 2. The quantitative estimate of drug-likeness (QED) is 0.415. The van der Waals surface area contributed by atoms with E-state index < -0.39 is 17.9 Å². The van der Waals surface area contributed by atoms with E-state index in [4.69, 9.17) is 26.8 Å². The number of halogens is 2. The van der Waals surface area contributed by atoms with Crippen LogP contribution in [0.25, 0.3) is 6.08 Å². The second-order valence-electron chi connectivity index (χ2n) is 8.49. The number of allylic oxidation sites excluding steroid dienone is 1. The number of esters is 1. The molecule has 1 aliphatic heterocycles. The number of benzene rings is 2. The Balaban J connectivity index is 1.94. The van der Waals surface area contributed by atoms with Crippen molar-refractivity contribution in [2.24, 2.45) is 10.7 Å². The van der Waals surface area contributed by atoms with Gasteiger partial charge in [0, 0.05) is 15.1 Å². The highest BCUT2D eigenvalue weighted by Crippen LogP contribution is 2.34. The third-order valence-corrected chi connectivity index (χ3v) is 7.23. The van der Waals surface area contributed by atoms with Gasteiger partial charge in [0.1, 0.15) is 11.8 Å². The Hall–Kier alpha value is -3.21. The topological polar surface area (TPSA) is 113 Å². The van der Waals surface area contributed by atoms with Crippen LogP contribution in [0.15, 0.2) is 68.0 Å². The highest BCUT2D eigenvalue weighted by molar-refractivity contribution is 9.10. The number of hydrogen-bond acceptors (Lipinski definition) is 7. The van der Waals surface area contributed by atoms with Crippen LogP contribution in [0, 0.1) is 0 Å². The Morgan fingerprint density at radius 2 is 2.00 bits per heavy atom. The fourth-order valence-corrected chi connectivity index (χ4v) is 5.56. The zero-order valence-corrected chi connectivity index (χ0v) is 23.3. The number of amides is 1. The number of thiazole rings is 1. The number of aromatic nitrogens is 1. The third-order valence-electron chi connectivity index (χ3n) is 5.41. The van der Waals surface area contributed by atoms with Crippen molar-refractivity contribution < 1.29 is 19.1 Å². The average molecular weight is 605 g/mol. The van der Waals surface area contributed by atoms with Crippen molar-refractivity contribution in [2.45, 2.75) is 32.9 Å². The maximum Gasteiger partial charge on any atom is 0.338 e. The molecular weight excluding hydrogens is 582 g/mol. The van der Waals surface area contributed by atoms with Gasteiger partial charge in [-0.1, -0.05) is 57.1 Å². The summed E-state index contributed by atoms with van der Waals surface area (Å²) in [6.45, 7) is 4.91. The number of fused-ring (bicyclic) bond motifs is 1. The van der Waals surface area contributed by atoms with Gasteiger partial charge < -0.3 is 15.2 Å². The first-order valence-electron chi connectivity index (χ1n) is 11.3. The van der Waals surface area contributed by atoms with E-state index in [9.17, 15) is 14.4 Å². The van der Waals surface area contributed by atoms with Gasteiger partial charge in [-0.15, -0.1) is 0 Å². The largest absolute Gasteiger partial charge is 0.483 e. The number of nitrogens with two attached hydrogens (primary N) is 1. The number of rotatable bonds is 7. The van der Waals surface area contributed by atoms with E-state index in [2.05, 4.69) is 20.9 Å². The SMILES string of the molecule is CC1=C(C(=O)OC(C)C)C(c2ccccc2Cl)n2c(sc(=Cc3cc(Br)ccc3OCC(N)=O)c2=O)=N1. The van der Waals surface area contributed by atoms with Crippen LogP contribution < -0.4 is 25.4 Å². The minimum absolute atomic E-state index is 0.244. The van der Waals surface area contributed by atoms with Gasteiger partial charge in [0.05, 0.1) is 21.9 Å². The molecule has 37 heavy (non-hydrogen) atoms. The van der Waals surface area contributed by atoms with E-state index in [0.717, 1.165) is 4.47 Å². The van der Waals surface area contributed by atoms with Gasteiger partial charge in [-0.05, 0) is 56.7 Å². The monoisotopic (exact) mass is 603 g/mol. The number of carbonyl (C=O) groups excluding carboxylic acids is 2. The lowest BCUT2D eigenvalue weighted by molar-refractivity contribution is -0.143. The Morgan fingerprint density at radius 1 is 1.27 bits per heavy atom. The lowest BCUT2D eigenvalue weighted by atomic mass is 9.96. The lowest BCUT2D eigenvalue weighted by Crippen LogP contribution is -2.40. The predicted molar refractivity (Wildman–Crippen MR) is 145 cm³/mol. The molecule has 0 saturated heterocycles. The van der Waals surface area contributed by atoms with Crippen LogP contribution in [0.5, 0.6) is 5.75 Å². The minimum atomic E-state index is -0.827. The summed E-state index contributed by atoms with van der Waals surface area (Å²) in [5.74, 6) is -0.804. The molecule has 2 aromatic carbocycles. The Bertz CT molecular complexity index is 1610. The van der Waals surface area contributed by atoms with Crippen molar-refractivity contribution in [3.05, 3.63) is 94.0 Å². The number of primary amides is 1. The maximum atomic E-state index is 13.8. The van der Waals surface area contributed by atoms with E-state index in [0.29, 0.717) is 36.9 Å². The molecule has 192 valence electrons. The molecule has 0 aliphatic carbocycles. The molecule has 1 aromatic heterocycles. The van der Waals surface area contributed by atoms with Crippen molar-refractivity contribution in [1.82, 2.24) is 4.57 Å². The van der Waals surface area contributed by atoms with E-state index in [1.807, 2.05) is 0 Å². The maximum absolute atomic E-state index is 13.8. The van der Waals surface area contributed by atoms with Gasteiger partial charge in [-0.3, -0.25) is 14.2 Å². The molecule has 1 amide bonds. The Morgan fingerprint density at radius 3 is 2.68 bits per heavy atom.